The van der Waals surface area contributed by atoms with E-state index in [0.717, 1.165) is 12.3 Å². The van der Waals surface area contributed by atoms with Gasteiger partial charge in [-0.15, -0.1) is 0 Å². The molecule has 0 bridgehead atoms. The SMILES string of the molecule is CCC(CC)c1ccc2c(c1)CN(c1ccccc1)CO2. The lowest BCUT2D eigenvalue weighted by atomic mass is 9.92. The van der Waals surface area contributed by atoms with E-state index in [9.17, 15) is 0 Å². The fourth-order valence-electron chi connectivity index (χ4n) is 3.08. The average Bonchev–Trinajstić information content (AvgIpc) is 2.56. The molecule has 2 aromatic carbocycles. The highest BCUT2D eigenvalue weighted by molar-refractivity contribution is 5.50. The summed E-state index contributed by atoms with van der Waals surface area (Å²) >= 11 is 0. The van der Waals surface area contributed by atoms with Crippen molar-refractivity contribution in [2.75, 3.05) is 11.6 Å². The van der Waals surface area contributed by atoms with Gasteiger partial charge in [-0.25, -0.2) is 0 Å². The van der Waals surface area contributed by atoms with Crippen LogP contribution in [0.15, 0.2) is 48.5 Å². The van der Waals surface area contributed by atoms with Crippen molar-refractivity contribution >= 4 is 5.69 Å². The third kappa shape index (κ3) is 2.90. The molecule has 0 saturated heterocycles. The summed E-state index contributed by atoms with van der Waals surface area (Å²) in [6.45, 7) is 6.08. The number of hydrogen-bond acceptors (Lipinski definition) is 2. The number of fused-ring (bicyclic) bond motifs is 1. The second-order valence-corrected chi connectivity index (χ2v) is 5.69. The van der Waals surface area contributed by atoms with Crippen LogP contribution in [0, 0.1) is 0 Å². The van der Waals surface area contributed by atoms with Gasteiger partial charge in [-0.1, -0.05) is 44.2 Å². The Morgan fingerprint density at radius 2 is 1.81 bits per heavy atom. The Bertz CT molecular complexity index is 590. The molecule has 0 spiro atoms. The van der Waals surface area contributed by atoms with Crippen LogP contribution in [-0.2, 0) is 6.54 Å². The van der Waals surface area contributed by atoms with Gasteiger partial charge in [0.15, 0.2) is 6.73 Å². The number of rotatable bonds is 4. The Hall–Kier alpha value is -1.96. The van der Waals surface area contributed by atoms with E-state index in [0.29, 0.717) is 12.6 Å². The molecule has 1 heterocycles. The van der Waals surface area contributed by atoms with Crippen molar-refractivity contribution in [3.05, 3.63) is 59.7 Å². The summed E-state index contributed by atoms with van der Waals surface area (Å²) in [7, 11) is 0. The summed E-state index contributed by atoms with van der Waals surface area (Å²) in [5, 5.41) is 0. The molecule has 0 aliphatic carbocycles. The number of ether oxygens (including phenoxy) is 1. The monoisotopic (exact) mass is 281 g/mol. The smallest absolute Gasteiger partial charge is 0.161 e. The van der Waals surface area contributed by atoms with E-state index in [1.165, 1.54) is 29.7 Å². The molecule has 1 aliphatic heterocycles. The fourth-order valence-corrected chi connectivity index (χ4v) is 3.08. The highest BCUT2D eigenvalue weighted by Crippen LogP contribution is 2.32. The van der Waals surface area contributed by atoms with Gasteiger partial charge < -0.3 is 9.64 Å². The lowest BCUT2D eigenvalue weighted by Gasteiger charge is -2.31. The van der Waals surface area contributed by atoms with E-state index in [1.807, 2.05) is 6.07 Å². The highest BCUT2D eigenvalue weighted by Gasteiger charge is 2.19. The topological polar surface area (TPSA) is 12.5 Å². The minimum atomic E-state index is 0.626. The van der Waals surface area contributed by atoms with Crippen molar-refractivity contribution in [2.45, 2.75) is 39.2 Å². The van der Waals surface area contributed by atoms with Gasteiger partial charge in [0.05, 0.1) is 0 Å². The van der Waals surface area contributed by atoms with Gasteiger partial charge in [-0.3, -0.25) is 0 Å². The molecule has 21 heavy (non-hydrogen) atoms. The van der Waals surface area contributed by atoms with E-state index < -0.39 is 0 Å². The third-order valence-electron chi connectivity index (χ3n) is 4.40. The van der Waals surface area contributed by atoms with Gasteiger partial charge in [0.25, 0.3) is 0 Å². The minimum absolute atomic E-state index is 0.626. The van der Waals surface area contributed by atoms with Crippen LogP contribution in [0.25, 0.3) is 0 Å². The van der Waals surface area contributed by atoms with Crippen molar-refractivity contribution < 1.29 is 4.74 Å². The third-order valence-corrected chi connectivity index (χ3v) is 4.40. The maximum absolute atomic E-state index is 5.92. The Kier molecular flexibility index (Phi) is 4.14. The zero-order valence-electron chi connectivity index (χ0n) is 12.9. The second-order valence-electron chi connectivity index (χ2n) is 5.69. The first-order chi connectivity index (χ1) is 10.3. The first-order valence-electron chi connectivity index (χ1n) is 7.87. The zero-order chi connectivity index (χ0) is 14.7. The molecule has 0 saturated carbocycles. The summed E-state index contributed by atoms with van der Waals surface area (Å²) in [6.07, 6.45) is 2.39. The molecule has 0 N–H and O–H groups in total. The molecule has 2 nitrogen and oxygen atoms in total. The molecular formula is C19H23NO. The molecule has 1 aliphatic rings. The number of hydrogen-bond donors (Lipinski definition) is 0. The van der Waals surface area contributed by atoms with Crippen molar-refractivity contribution in [1.29, 1.82) is 0 Å². The normalized spacial score (nSPS) is 14.0. The summed E-state index contributed by atoms with van der Waals surface area (Å²) < 4.78 is 5.92. The summed E-state index contributed by atoms with van der Waals surface area (Å²) in [5.41, 5.74) is 3.96. The first kappa shape index (κ1) is 14.0. The minimum Gasteiger partial charge on any atom is -0.473 e. The largest absolute Gasteiger partial charge is 0.473 e. The van der Waals surface area contributed by atoms with Crippen LogP contribution in [0.1, 0.15) is 43.7 Å². The van der Waals surface area contributed by atoms with Crippen molar-refractivity contribution in [3.63, 3.8) is 0 Å². The van der Waals surface area contributed by atoms with Crippen molar-refractivity contribution in [1.82, 2.24) is 0 Å². The fraction of sp³-hybridized carbons (Fsp3) is 0.368. The number of benzene rings is 2. The van der Waals surface area contributed by atoms with Gasteiger partial charge in [-0.2, -0.15) is 0 Å². The molecule has 3 rings (SSSR count). The molecule has 110 valence electrons. The standard InChI is InChI=1S/C19H23NO/c1-3-15(4-2)16-10-11-19-17(12-16)13-20(14-21-19)18-8-6-5-7-9-18/h5-12,15H,3-4,13-14H2,1-2H3. The molecule has 0 fully saturated rings. The Morgan fingerprint density at radius 3 is 2.52 bits per heavy atom. The molecule has 2 aromatic rings. The van der Waals surface area contributed by atoms with Gasteiger partial charge in [0.2, 0.25) is 0 Å². The quantitative estimate of drug-likeness (QED) is 0.786. The van der Waals surface area contributed by atoms with Gasteiger partial charge in [0.1, 0.15) is 5.75 Å². The first-order valence-corrected chi connectivity index (χ1v) is 7.87. The molecule has 0 amide bonds. The molecule has 0 atom stereocenters. The van der Waals surface area contributed by atoms with Crippen LogP contribution in [-0.4, -0.2) is 6.73 Å². The lowest BCUT2D eigenvalue weighted by molar-refractivity contribution is 0.289. The highest BCUT2D eigenvalue weighted by atomic mass is 16.5. The van der Waals surface area contributed by atoms with E-state index in [4.69, 9.17) is 4.74 Å². The molecule has 2 heteroatoms. The summed E-state index contributed by atoms with van der Waals surface area (Å²) in [6, 6.07) is 17.2. The zero-order valence-corrected chi connectivity index (χ0v) is 12.9. The van der Waals surface area contributed by atoms with E-state index in [-0.39, 0.29) is 0 Å². The molecule has 0 unspecified atom stereocenters. The van der Waals surface area contributed by atoms with Crippen molar-refractivity contribution in [3.8, 4) is 5.75 Å². The average molecular weight is 281 g/mol. The van der Waals surface area contributed by atoms with E-state index in [1.54, 1.807) is 0 Å². The number of nitrogens with zero attached hydrogens (tertiary/aromatic N) is 1. The lowest BCUT2D eigenvalue weighted by Crippen LogP contribution is -2.31. The maximum atomic E-state index is 5.92. The predicted molar refractivity (Wildman–Crippen MR) is 87.9 cm³/mol. The summed E-state index contributed by atoms with van der Waals surface area (Å²) in [4.78, 5) is 2.28. The Morgan fingerprint density at radius 1 is 1.05 bits per heavy atom. The van der Waals surface area contributed by atoms with Crippen LogP contribution in [0.3, 0.4) is 0 Å². The predicted octanol–water partition coefficient (Wildman–Crippen LogP) is 4.95. The van der Waals surface area contributed by atoms with Crippen LogP contribution in [0.5, 0.6) is 5.75 Å². The van der Waals surface area contributed by atoms with Crippen LogP contribution >= 0.6 is 0 Å². The molecule has 0 aromatic heterocycles. The van der Waals surface area contributed by atoms with Crippen molar-refractivity contribution in [2.24, 2.45) is 0 Å². The van der Waals surface area contributed by atoms with Gasteiger partial charge >= 0.3 is 0 Å². The van der Waals surface area contributed by atoms with Crippen LogP contribution in [0.4, 0.5) is 5.69 Å². The Balaban J connectivity index is 1.85. The van der Waals surface area contributed by atoms with Crippen LogP contribution < -0.4 is 9.64 Å². The Labute approximate surface area is 127 Å². The number of anilines is 1. The summed E-state index contributed by atoms with van der Waals surface area (Å²) in [5.74, 6) is 1.69. The second kappa shape index (κ2) is 6.21. The van der Waals surface area contributed by atoms with E-state index in [2.05, 4.69) is 61.2 Å². The van der Waals surface area contributed by atoms with Gasteiger partial charge in [-0.05, 0) is 42.5 Å². The molecule has 0 radical (unpaired) electrons. The number of para-hydroxylation sites is 1. The van der Waals surface area contributed by atoms with Crippen LogP contribution in [0.2, 0.25) is 0 Å². The van der Waals surface area contributed by atoms with Gasteiger partial charge in [0, 0.05) is 17.8 Å². The van der Waals surface area contributed by atoms with E-state index >= 15 is 0 Å². The maximum Gasteiger partial charge on any atom is 0.161 e. The molecular weight excluding hydrogens is 258 g/mol.